The van der Waals surface area contributed by atoms with E-state index in [9.17, 15) is 4.79 Å². The largest absolute Gasteiger partial charge is 0.330 e. The van der Waals surface area contributed by atoms with Crippen LogP contribution in [0.5, 0.6) is 0 Å². The summed E-state index contributed by atoms with van der Waals surface area (Å²) in [4.78, 5) is 12.2. The van der Waals surface area contributed by atoms with E-state index >= 15 is 0 Å². The van der Waals surface area contributed by atoms with Gasteiger partial charge in [0, 0.05) is 5.41 Å². The standard InChI is InChI=1S/C13H28NOS/c1-12(2,3)13(4,5)11(15)16-10-9-14(6,7)8/h9-10H2,1-8H3/q+1. The first-order chi connectivity index (χ1) is 6.88. The number of thioether (sulfide) groups is 1. The molecule has 0 aliphatic rings. The van der Waals surface area contributed by atoms with E-state index in [4.69, 9.17) is 0 Å². The maximum atomic E-state index is 12.2. The van der Waals surface area contributed by atoms with Crippen molar-refractivity contribution in [1.82, 2.24) is 0 Å². The van der Waals surface area contributed by atoms with Gasteiger partial charge in [0.1, 0.15) is 0 Å². The van der Waals surface area contributed by atoms with Crippen molar-refractivity contribution in [1.29, 1.82) is 0 Å². The van der Waals surface area contributed by atoms with Gasteiger partial charge in [-0.25, -0.2) is 0 Å². The number of nitrogens with zero attached hydrogens (tertiary/aromatic N) is 1. The molecule has 0 heterocycles. The lowest BCUT2D eigenvalue weighted by molar-refractivity contribution is -0.867. The fraction of sp³-hybridized carbons (Fsp3) is 0.923. The molecule has 0 aliphatic heterocycles. The molecule has 0 fully saturated rings. The van der Waals surface area contributed by atoms with Crippen LogP contribution in [0, 0.1) is 10.8 Å². The second-order valence-electron chi connectivity index (χ2n) is 7.02. The Hall–Kier alpha value is -0.0200. The number of carbonyl (C=O) groups is 1. The Morgan fingerprint density at radius 1 is 1.06 bits per heavy atom. The Bertz CT molecular complexity index is 246. The third kappa shape index (κ3) is 4.88. The van der Waals surface area contributed by atoms with E-state index in [0.29, 0.717) is 5.12 Å². The van der Waals surface area contributed by atoms with Gasteiger partial charge in [0.2, 0.25) is 0 Å². The Morgan fingerprint density at radius 2 is 1.50 bits per heavy atom. The zero-order chi connectivity index (χ0) is 13.2. The van der Waals surface area contributed by atoms with Crippen LogP contribution in [0.3, 0.4) is 0 Å². The number of quaternary nitrogens is 1. The summed E-state index contributed by atoms with van der Waals surface area (Å²) < 4.78 is 0.913. The van der Waals surface area contributed by atoms with Crippen molar-refractivity contribution in [2.75, 3.05) is 33.4 Å². The van der Waals surface area contributed by atoms with E-state index < -0.39 is 0 Å². The second kappa shape index (κ2) is 5.09. The molecule has 0 radical (unpaired) electrons. The van der Waals surface area contributed by atoms with Crippen molar-refractivity contribution < 1.29 is 9.28 Å². The number of hydrogen-bond donors (Lipinski definition) is 0. The molecule has 0 atom stereocenters. The topological polar surface area (TPSA) is 17.1 Å². The summed E-state index contributed by atoms with van der Waals surface area (Å²) in [6.07, 6.45) is 0. The van der Waals surface area contributed by atoms with Gasteiger partial charge in [0.25, 0.3) is 0 Å². The first-order valence-corrected chi connectivity index (χ1v) is 6.84. The van der Waals surface area contributed by atoms with Crippen molar-refractivity contribution >= 4 is 16.9 Å². The van der Waals surface area contributed by atoms with E-state index in [1.54, 1.807) is 0 Å². The van der Waals surface area contributed by atoms with Crippen LogP contribution in [0.25, 0.3) is 0 Å². The molecule has 0 aromatic rings. The van der Waals surface area contributed by atoms with Gasteiger partial charge in [0.15, 0.2) is 5.12 Å². The van der Waals surface area contributed by atoms with E-state index in [-0.39, 0.29) is 10.8 Å². The summed E-state index contributed by atoms with van der Waals surface area (Å²) in [6, 6.07) is 0. The molecule has 16 heavy (non-hydrogen) atoms. The molecule has 3 heteroatoms. The smallest absolute Gasteiger partial charge is 0.195 e. The fourth-order valence-electron chi connectivity index (χ4n) is 0.899. The molecule has 0 saturated carbocycles. The molecule has 0 aliphatic carbocycles. The van der Waals surface area contributed by atoms with Crippen LogP contribution in [0.2, 0.25) is 0 Å². The summed E-state index contributed by atoms with van der Waals surface area (Å²) in [5.41, 5.74) is -0.240. The molecular formula is C13H28NOS+. The zero-order valence-electron chi connectivity index (χ0n) is 12.2. The molecule has 0 amide bonds. The third-order valence-corrected chi connectivity index (χ3v) is 4.54. The maximum Gasteiger partial charge on any atom is 0.195 e. The normalized spacial score (nSPS) is 14.0. The lowest BCUT2D eigenvalue weighted by Gasteiger charge is -2.37. The van der Waals surface area contributed by atoms with Gasteiger partial charge in [-0.1, -0.05) is 46.4 Å². The van der Waals surface area contributed by atoms with Gasteiger partial charge in [0.05, 0.1) is 33.4 Å². The van der Waals surface area contributed by atoms with Crippen molar-refractivity contribution in [2.24, 2.45) is 10.8 Å². The zero-order valence-corrected chi connectivity index (χ0v) is 13.0. The molecule has 0 spiro atoms. The van der Waals surface area contributed by atoms with E-state index in [1.807, 2.05) is 13.8 Å². The second-order valence-corrected chi connectivity index (χ2v) is 8.09. The summed E-state index contributed by atoms with van der Waals surface area (Å²) in [7, 11) is 6.46. The lowest BCUT2D eigenvalue weighted by Crippen LogP contribution is -2.39. The Labute approximate surface area is 105 Å². The first kappa shape index (κ1) is 16.0. The van der Waals surface area contributed by atoms with Crippen molar-refractivity contribution in [3.63, 3.8) is 0 Å². The Balaban J connectivity index is 4.28. The number of hydrogen-bond acceptors (Lipinski definition) is 2. The minimum atomic E-state index is -0.261. The molecule has 0 aromatic heterocycles. The first-order valence-electron chi connectivity index (χ1n) is 5.85. The molecule has 0 rings (SSSR count). The van der Waals surface area contributed by atoms with Crippen LogP contribution < -0.4 is 0 Å². The highest BCUT2D eigenvalue weighted by Gasteiger charge is 2.39. The highest BCUT2D eigenvalue weighted by atomic mass is 32.2. The van der Waals surface area contributed by atoms with Crippen LogP contribution in [0.15, 0.2) is 0 Å². The SMILES string of the molecule is CC(C)(C)C(C)(C)C(=O)SCC[N+](C)(C)C. The average molecular weight is 246 g/mol. The van der Waals surface area contributed by atoms with E-state index in [2.05, 4.69) is 41.9 Å². The summed E-state index contributed by atoms with van der Waals surface area (Å²) in [5.74, 6) is 0.905. The molecular weight excluding hydrogens is 218 g/mol. The van der Waals surface area contributed by atoms with Crippen molar-refractivity contribution in [3.8, 4) is 0 Å². The predicted octanol–water partition coefficient (Wildman–Crippen LogP) is 3.02. The molecule has 2 nitrogen and oxygen atoms in total. The van der Waals surface area contributed by atoms with Crippen LogP contribution in [-0.4, -0.2) is 43.0 Å². The quantitative estimate of drug-likeness (QED) is 0.709. The minimum Gasteiger partial charge on any atom is -0.330 e. The predicted molar refractivity (Wildman–Crippen MR) is 73.6 cm³/mol. The van der Waals surface area contributed by atoms with Gasteiger partial charge in [-0.15, -0.1) is 0 Å². The number of rotatable bonds is 4. The summed E-state index contributed by atoms with van der Waals surface area (Å²) in [6.45, 7) is 11.5. The molecule has 96 valence electrons. The van der Waals surface area contributed by atoms with Crippen molar-refractivity contribution in [3.05, 3.63) is 0 Å². The Kier molecular flexibility index (Phi) is 5.08. The van der Waals surface area contributed by atoms with E-state index in [0.717, 1.165) is 16.8 Å². The molecule has 0 saturated heterocycles. The van der Waals surface area contributed by atoms with Crippen LogP contribution in [0.1, 0.15) is 34.6 Å². The maximum absolute atomic E-state index is 12.2. The number of carbonyl (C=O) groups excluding carboxylic acids is 1. The van der Waals surface area contributed by atoms with Gasteiger partial charge < -0.3 is 4.48 Å². The van der Waals surface area contributed by atoms with Gasteiger partial charge in [-0.3, -0.25) is 4.79 Å². The third-order valence-electron chi connectivity index (χ3n) is 3.38. The minimum absolute atomic E-state index is 0.0215. The lowest BCUT2D eigenvalue weighted by atomic mass is 9.70. The van der Waals surface area contributed by atoms with Crippen molar-refractivity contribution in [2.45, 2.75) is 34.6 Å². The fourth-order valence-corrected chi connectivity index (χ4v) is 2.39. The molecule has 0 N–H and O–H groups in total. The molecule has 0 bridgehead atoms. The highest BCUT2D eigenvalue weighted by molar-refractivity contribution is 8.13. The van der Waals surface area contributed by atoms with Gasteiger partial charge in [-0.2, -0.15) is 0 Å². The summed E-state index contributed by atoms with van der Waals surface area (Å²) in [5, 5.41) is 0.313. The van der Waals surface area contributed by atoms with Crippen LogP contribution >= 0.6 is 11.8 Å². The monoisotopic (exact) mass is 246 g/mol. The molecule has 0 unspecified atom stereocenters. The molecule has 0 aromatic carbocycles. The Morgan fingerprint density at radius 3 is 1.81 bits per heavy atom. The highest BCUT2D eigenvalue weighted by Crippen LogP contribution is 2.41. The average Bonchev–Trinajstić information content (AvgIpc) is 1.99. The van der Waals surface area contributed by atoms with Crippen LogP contribution in [-0.2, 0) is 4.79 Å². The van der Waals surface area contributed by atoms with Crippen LogP contribution in [0.4, 0.5) is 0 Å². The van der Waals surface area contributed by atoms with Gasteiger partial charge in [-0.05, 0) is 5.41 Å². The van der Waals surface area contributed by atoms with Gasteiger partial charge >= 0.3 is 0 Å². The summed E-state index contributed by atoms with van der Waals surface area (Å²) >= 11 is 1.48. The van der Waals surface area contributed by atoms with E-state index in [1.165, 1.54) is 11.8 Å².